The first-order valence-electron chi connectivity index (χ1n) is 9.10. The fraction of sp³-hybridized carbons (Fsp3) is 0.273. The molecule has 0 radical (unpaired) electrons. The Morgan fingerprint density at radius 3 is 2.54 bits per heavy atom. The molecule has 28 heavy (non-hydrogen) atoms. The molecule has 0 saturated carbocycles. The average Bonchev–Trinajstić information content (AvgIpc) is 3.35. The van der Waals surface area contributed by atoms with Crippen molar-refractivity contribution < 1.29 is 13.9 Å². The van der Waals surface area contributed by atoms with E-state index in [-0.39, 0.29) is 11.5 Å². The number of nitrogens with zero attached hydrogens (tertiary/aromatic N) is 3. The van der Waals surface area contributed by atoms with Crippen molar-refractivity contribution in [3.05, 3.63) is 71.2 Å². The number of methoxy groups -OCH3 is 1. The quantitative estimate of drug-likeness (QED) is 0.625. The number of hydrogen-bond donors (Lipinski definition) is 0. The number of aryl methyl sites for hydroxylation is 2. The number of nitriles is 1. The summed E-state index contributed by atoms with van der Waals surface area (Å²) >= 11 is 0. The van der Waals surface area contributed by atoms with Crippen molar-refractivity contribution in [2.75, 3.05) is 20.7 Å². The van der Waals surface area contributed by atoms with Gasteiger partial charge in [0.1, 0.15) is 28.7 Å². The number of benzene rings is 1. The highest BCUT2D eigenvalue weighted by Gasteiger charge is 2.26. The van der Waals surface area contributed by atoms with Gasteiger partial charge in [0, 0.05) is 26.0 Å². The van der Waals surface area contributed by atoms with E-state index < -0.39 is 0 Å². The summed E-state index contributed by atoms with van der Waals surface area (Å²) in [5.41, 5.74) is 1.78. The van der Waals surface area contributed by atoms with Crippen molar-refractivity contribution in [2.45, 2.75) is 19.8 Å². The van der Waals surface area contributed by atoms with E-state index in [1.54, 1.807) is 42.9 Å². The molecule has 0 N–H and O–H groups in total. The lowest BCUT2D eigenvalue weighted by molar-refractivity contribution is 0.0791. The first-order valence-corrected chi connectivity index (χ1v) is 9.10. The molecule has 0 unspecified atom stereocenters. The smallest absolute Gasteiger partial charge is 0.258 e. The van der Waals surface area contributed by atoms with Crippen LogP contribution >= 0.6 is 0 Å². The van der Waals surface area contributed by atoms with Crippen LogP contribution in [0.2, 0.25) is 0 Å². The Balaban J connectivity index is 1.68. The number of ether oxygens (including phenoxy) is 1. The van der Waals surface area contributed by atoms with Gasteiger partial charge in [0.2, 0.25) is 5.88 Å². The average molecular weight is 377 g/mol. The maximum atomic E-state index is 12.9. The molecule has 0 aliphatic heterocycles. The van der Waals surface area contributed by atoms with Crippen LogP contribution in [0.4, 0.5) is 0 Å². The summed E-state index contributed by atoms with van der Waals surface area (Å²) in [6, 6.07) is 13.7. The minimum absolute atomic E-state index is 0.203. The topological polar surface area (TPSA) is 71.4 Å². The van der Waals surface area contributed by atoms with Gasteiger partial charge in [-0.1, -0.05) is 12.1 Å². The monoisotopic (exact) mass is 377 g/mol. The zero-order valence-electron chi connectivity index (χ0n) is 16.3. The molecule has 0 bridgehead atoms. The zero-order valence-corrected chi connectivity index (χ0v) is 16.3. The minimum atomic E-state index is -0.203. The Labute approximate surface area is 164 Å². The van der Waals surface area contributed by atoms with Crippen LogP contribution in [0.15, 0.2) is 53.2 Å². The standard InChI is InChI=1S/C22H23N3O3/c1-16-20(19(15-23)22(28-16)25-13-4-5-14-25)21(26)24(2)12-6-7-17-8-10-18(27-3)11-9-17/h4-5,8-11,13-14H,6-7,12H2,1-3H3. The molecular formula is C22H23N3O3. The Kier molecular flexibility index (Phi) is 5.85. The summed E-state index contributed by atoms with van der Waals surface area (Å²) < 4.78 is 12.6. The van der Waals surface area contributed by atoms with Gasteiger partial charge in [-0.15, -0.1) is 0 Å². The summed E-state index contributed by atoms with van der Waals surface area (Å²) in [6.45, 7) is 2.30. The maximum absolute atomic E-state index is 12.9. The highest BCUT2D eigenvalue weighted by atomic mass is 16.5. The van der Waals surface area contributed by atoms with Gasteiger partial charge in [-0.05, 0) is 49.6 Å². The van der Waals surface area contributed by atoms with E-state index in [0.29, 0.717) is 23.8 Å². The second-order valence-electron chi connectivity index (χ2n) is 6.59. The van der Waals surface area contributed by atoms with Crippen molar-refractivity contribution in [1.82, 2.24) is 9.47 Å². The predicted molar refractivity (Wildman–Crippen MR) is 106 cm³/mol. The SMILES string of the molecule is COc1ccc(CCCN(C)C(=O)c2c(C)oc(-n3cccc3)c2C#N)cc1. The van der Waals surface area contributed by atoms with E-state index in [1.165, 1.54) is 5.56 Å². The summed E-state index contributed by atoms with van der Waals surface area (Å²) in [4.78, 5) is 14.6. The van der Waals surface area contributed by atoms with Crippen molar-refractivity contribution in [1.29, 1.82) is 5.26 Å². The molecule has 1 amide bonds. The van der Waals surface area contributed by atoms with Gasteiger partial charge >= 0.3 is 0 Å². The van der Waals surface area contributed by atoms with Crippen LogP contribution in [0.25, 0.3) is 5.88 Å². The van der Waals surface area contributed by atoms with E-state index in [4.69, 9.17) is 9.15 Å². The van der Waals surface area contributed by atoms with Crippen LogP contribution in [0.1, 0.15) is 33.7 Å². The van der Waals surface area contributed by atoms with Crippen molar-refractivity contribution in [3.8, 4) is 17.7 Å². The molecule has 0 fully saturated rings. The molecule has 2 heterocycles. The molecule has 144 valence electrons. The van der Waals surface area contributed by atoms with Gasteiger partial charge in [-0.3, -0.25) is 9.36 Å². The number of amides is 1. The fourth-order valence-electron chi connectivity index (χ4n) is 3.15. The van der Waals surface area contributed by atoms with Gasteiger partial charge in [0.25, 0.3) is 5.91 Å². The van der Waals surface area contributed by atoms with E-state index in [0.717, 1.165) is 18.6 Å². The largest absolute Gasteiger partial charge is 0.497 e. The number of hydrogen-bond acceptors (Lipinski definition) is 4. The summed E-state index contributed by atoms with van der Waals surface area (Å²) in [7, 11) is 3.39. The van der Waals surface area contributed by atoms with E-state index in [1.807, 2.05) is 36.4 Å². The number of rotatable bonds is 7. The van der Waals surface area contributed by atoms with Crippen LogP contribution < -0.4 is 4.74 Å². The lowest BCUT2D eigenvalue weighted by Gasteiger charge is -2.17. The van der Waals surface area contributed by atoms with Gasteiger partial charge in [0.05, 0.1) is 7.11 Å². The molecule has 6 heteroatoms. The Morgan fingerprint density at radius 1 is 1.25 bits per heavy atom. The molecule has 0 atom stereocenters. The Bertz CT molecular complexity index is 979. The molecular weight excluding hydrogens is 354 g/mol. The van der Waals surface area contributed by atoms with Crippen LogP contribution in [0.3, 0.4) is 0 Å². The van der Waals surface area contributed by atoms with Crippen LogP contribution in [-0.4, -0.2) is 36.1 Å². The maximum Gasteiger partial charge on any atom is 0.258 e. The van der Waals surface area contributed by atoms with Crippen molar-refractivity contribution in [2.24, 2.45) is 0 Å². The first-order chi connectivity index (χ1) is 13.5. The molecule has 2 aromatic heterocycles. The lowest BCUT2D eigenvalue weighted by atomic mass is 10.1. The van der Waals surface area contributed by atoms with E-state index >= 15 is 0 Å². The lowest BCUT2D eigenvalue weighted by Crippen LogP contribution is -2.28. The van der Waals surface area contributed by atoms with Crippen LogP contribution in [0, 0.1) is 18.3 Å². The Hall–Kier alpha value is -3.46. The second kappa shape index (κ2) is 8.49. The third-order valence-corrected chi connectivity index (χ3v) is 4.70. The highest BCUT2D eigenvalue weighted by molar-refractivity contribution is 5.98. The molecule has 0 saturated heterocycles. The van der Waals surface area contributed by atoms with Gasteiger partial charge < -0.3 is 14.1 Å². The molecule has 0 aliphatic carbocycles. The van der Waals surface area contributed by atoms with Crippen LogP contribution in [-0.2, 0) is 6.42 Å². The number of aromatic nitrogens is 1. The zero-order chi connectivity index (χ0) is 20.1. The summed E-state index contributed by atoms with van der Waals surface area (Å²) in [5.74, 6) is 1.45. The first kappa shape index (κ1) is 19.3. The highest BCUT2D eigenvalue weighted by Crippen LogP contribution is 2.26. The second-order valence-corrected chi connectivity index (χ2v) is 6.59. The number of carbonyl (C=O) groups is 1. The summed E-state index contributed by atoms with van der Waals surface area (Å²) in [6.07, 6.45) is 5.24. The number of furan rings is 1. The molecule has 3 aromatic rings. The fourth-order valence-corrected chi connectivity index (χ4v) is 3.15. The molecule has 0 aliphatic rings. The van der Waals surface area contributed by atoms with Gasteiger partial charge in [0.15, 0.2) is 0 Å². The van der Waals surface area contributed by atoms with Crippen molar-refractivity contribution >= 4 is 5.91 Å². The normalized spacial score (nSPS) is 10.5. The molecule has 1 aromatic carbocycles. The van der Waals surface area contributed by atoms with E-state index in [9.17, 15) is 10.1 Å². The Morgan fingerprint density at radius 2 is 1.93 bits per heavy atom. The summed E-state index contributed by atoms with van der Waals surface area (Å²) in [5, 5.41) is 9.61. The molecule has 6 nitrogen and oxygen atoms in total. The molecule has 3 rings (SSSR count). The minimum Gasteiger partial charge on any atom is -0.497 e. The van der Waals surface area contributed by atoms with Gasteiger partial charge in [-0.2, -0.15) is 5.26 Å². The predicted octanol–water partition coefficient (Wildman–Crippen LogP) is 3.96. The van der Waals surface area contributed by atoms with Gasteiger partial charge in [-0.25, -0.2) is 0 Å². The van der Waals surface area contributed by atoms with E-state index in [2.05, 4.69) is 6.07 Å². The van der Waals surface area contributed by atoms with Crippen LogP contribution in [0.5, 0.6) is 5.75 Å². The number of carbonyl (C=O) groups excluding carboxylic acids is 1. The third kappa shape index (κ3) is 3.94. The molecule has 0 spiro atoms. The van der Waals surface area contributed by atoms with Crippen molar-refractivity contribution in [3.63, 3.8) is 0 Å². The third-order valence-electron chi connectivity index (χ3n) is 4.70.